The van der Waals surface area contributed by atoms with Gasteiger partial charge in [0.1, 0.15) is 24.0 Å². The summed E-state index contributed by atoms with van der Waals surface area (Å²) in [5, 5.41) is 41.2. The standard InChI is InChI=1S/C47H69N5O7/c1-29(2)33-19-18-30(3)39(25-33)48-47(57)43-42(31(4)54)41(28-53)59-52(43)26-34-16-13-17-38(45(34)58-7)35-22-36(24-37(23-35)50(5)6)46(56)49-40(27-51-20-11-12-21-51)44(55)32-14-9-8-10-15-32/h8-10,13-17,22,24,29-31,33,35,39-44,53-55H,11-12,18-21,23,25-28H2,1-7H3,(H,48,57)(H,49,56)/t30-,31-,33-,35?,39-,40+,41-,42+,43-,44+/m0/s1. The third-order valence-corrected chi connectivity index (χ3v) is 13.4. The number of ether oxygens (including phenoxy) is 1. The van der Waals surface area contributed by atoms with Crippen LogP contribution >= 0.6 is 0 Å². The van der Waals surface area contributed by atoms with Gasteiger partial charge in [0.2, 0.25) is 5.91 Å². The smallest absolute Gasteiger partial charge is 0.251 e. The van der Waals surface area contributed by atoms with Crippen LogP contribution in [0.5, 0.6) is 5.75 Å². The fourth-order valence-electron chi connectivity index (χ4n) is 9.79. The molecule has 59 heavy (non-hydrogen) atoms. The first-order valence-electron chi connectivity index (χ1n) is 21.8. The molecule has 0 aromatic heterocycles. The summed E-state index contributed by atoms with van der Waals surface area (Å²) in [6.45, 7) is 10.6. The van der Waals surface area contributed by atoms with E-state index in [0.29, 0.717) is 42.0 Å². The summed E-state index contributed by atoms with van der Waals surface area (Å²) < 4.78 is 6.16. The molecule has 2 aromatic carbocycles. The molecule has 6 rings (SSSR count). The summed E-state index contributed by atoms with van der Waals surface area (Å²) in [5.41, 5.74) is 3.88. The molecule has 2 aliphatic carbocycles. The molecule has 2 saturated heterocycles. The van der Waals surface area contributed by atoms with Gasteiger partial charge in [0, 0.05) is 60.9 Å². The van der Waals surface area contributed by atoms with E-state index in [4.69, 9.17) is 9.57 Å². The average molecular weight is 816 g/mol. The second-order valence-corrected chi connectivity index (χ2v) is 18.0. The highest BCUT2D eigenvalue weighted by atomic mass is 16.7. The van der Waals surface area contributed by atoms with E-state index in [-0.39, 0.29) is 36.9 Å². The van der Waals surface area contributed by atoms with Crippen LogP contribution in [0.3, 0.4) is 0 Å². The first kappa shape index (κ1) is 44.8. The zero-order valence-corrected chi connectivity index (χ0v) is 36.2. The number of benzene rings is 2. The summed E-state index contributed by atoms with van der Waals surface area (Å²) in [7, 11) is 5.56. The highest BCUT2D eigenvalue weighted by Gasteiger charge is 2.50. The van der Waals surface area contributed by atoms with Gasteiger partial charge in [-0.05, 0) is 87.9 Å². The lowest BCUT2D eigenvalue weighted by Crippen LogP contribution is -2.53. The Bertz CT molecular complexity index is 1780. The van der Waals surface area contributed by atoms with Crippen molar-refractivity contribution in [1.29, 1.82) is 0 Å². The highest BCUT2D eigenvalue weighted by molar-refractivity contribution is 5.97. The van der Waals surface area contributed by atoms with E-state index >= 15 is 0 Å². The number of carbonyl (C=O) groups is 2. The van der Waals surface area contributed by atoms with Crippen molar-refractivity contribution in [2.24, 2.45) is 23.7 Å². The van der Waals surface area contributed by atoms with Crippen molar-refractivity contribution >= 4 is 11.8 Å². The number of methoxy groups -OCH3 is 1. The van der Waals surface area contributed by atoms with Crippen molar-refractivity contribution in [1.82, 2.24) is 25.5 Å². The van der Waals surface area contributed by atoms with Gasteiger partial charge >= 0.3 is 0 Å². The van der Waals surface area contributed by atoms with E-state index in [1.165, 1.54) is 0 Å². The largest absolute Gasteiger partial charge is 0.496 e. The van der Waals surface area contributed by atoms with Gasteiger partial charge < -0.3 is 40.5 Å². The van der Waals surface area contributed by atoms with Gasteiger partial charge in [-0.25, -0.2) is 0 Å². The Labute approximate surface area is 351 Å². The number of aliphatic hydroxyl groups is 3. The third kappa shape index (κ3) is 10.6. The van der Waals surface area contributed by atoms with Crippen molar-refractivity contribution in [3.63, 3.8) is 0 Å². The van der Waals surface area contributed by atoms with Crippen molar-refractivity contribution in [2.45, 2.75) is 115 Å². The minimum atomic E-state index is -0.912. The number of amides is 2. The Hall–Kier alpha value is -3.78. The number of hydrogen-bond acceptors (Lipinski definition) is 10. The summed E-state index contributed by atoms with van der Waals surface area (Å²) in [4.78, 5) is 39.3. The Morgan fingerprint density at radius 2 is 1.75 bits per heavy atom. The Kier molecular flexibility index (Phi) is 15.3. The predicted octanol–water partition coefficient (Wildman–Crippen LogP) is 4.92. The molecule has 4 aliphatic rings. The second kappa shape index (κ2) is 20.2. The normalized spacial score (nSPS) is 28.1. The number of likely N-dealkylation sites (tertiary alicyclic amines) is 1. The number of para-hydroxylation sites is 1. The number of hydrogen-bond donors (Lipinski definition) is 5. The number of hydroxylamine groups is 2. The van der Waals surface area contributed by atoms with Crippen LogP contribution in [0.25, 0.3) is 0 Å². The van der Waals surface area contributed by atoms with Crippen LogP contribution in [0, 0.1) is 23.7 Å². The lowest BCUT2D eigenvalue weighted by Gasteiger charge is -2.38. The molecule has 12 heteroatoms. The Balaban J connectivity index is 1.27. The quantitative estimate of drug-likeness (QED) is 0.158. The monoisotopic (exact) mass is 816 g/mol. The number of rotatable bonds is 16. The Morgan fingerprint density at radius 3 is 2.39 bits per heavy atom. The molecule has 2 aliphatic heterocycles. The maximum Gasteiger partial charge on any atom is 0.251 e. The van der Waals surface area contributed by atoms with Crippen molar-refractivity contribution in [3.05, 3.63) is 88.6 Å². The van der Waals surface area contributed by atoms with Gasteiger partial charge in [-0.1, -0.05) is 75.4 Å². The molecule has 12 nitrogen and oxygen atoms in total. The van der Waals surface area contributed by atoms with E-state index in [9.17, 15) is 24.9 Å². The topological polar surface area (TPSA) is 147 Å². The van der Waals surface area contributed by atoms with E-state index < -0.39 is 36.3 Å². The lowest BCUT2D eigenvalue weighted by atomic mass is 9.74. The lowest BCUT2D eigenvalue weighted by molar-refractivity contribution is -0.182. The fourth-order valence-corrected chi connectivity index (χ4v) is 9.79. The maximum atomic E-state index is 14.3. The molecule has 2 amide bonds. The molecular weight excluding hydrogens is 747 g/mol. The van der Waals surface area contributed by atoms with Crippen LogP contribution in [0.2, 0.25) is 0 Å². The van der Waals surface area contributed by atoms with Crippen LogP contribution in [-0.2, 0) is 21.0 Å². The molecule has 3 fully saturated rings. The minimum absolute atomic E-state index is 0.00622. The maximum absolute atomic E-state index is 14.3. The first-order valence-corrected chi connectivity index (χ1v) is 21.8. The molecule has 2 aromatic rings. The number of allylic oxidation sites excluding steroid dienone is 2. The summed E-state index contributed by atoms with van der Waals surface area (Å²) >= 11 is 0. The Morgan fingerprint density at radius 1 is 1.02 bits per heavy atom. The van der Waals surface area contributed by atoms with E-state index in [0.717, 1.165) is 67.6 Å². The van der Waals surface area contributed by atoms with E-state index in [1.54, 1.807) is 19.1 Å². The molecule has 0 bridgehead atoms. The van der Waals surface area contributed by atoms with Gasteiger partial charge in [-0.2, -0.15) is 5.06 Å². The highest BCUT2D eigenvalue weighted by Crippen LogP contribution is 2.41. The van der Waals surface area contributed by atoms with E-state index in [2.05, 4.69) is 36.3 Å². The fraction of sp³-hybridized carbons (Fsp3) is 0.617. The molecule has 5 N–H and O–H groups in total. The van der Waals surface area contributed by atoms with Gasteiger partial charge in [-0.15, -0.1) is 0 Å². The van der Waals surface area contributed by atoms with Crippen LogP contribution in [0.15, 0.2) is 72.0 Å². The number of nitrogens with one attached hydrogen (secondary N) is 2. The zero-order valence-electron chi connectivity index (χ0n) is 36.2. The van der Waals surface area contributed by atoms with Gasteiger partial charge in [0.15, 0.2) is 0 Å². The summed E-state index contributed by atoms with van der Waals surface area (Å²) in [6, 6.07) is 14.0. The second-order valence-electron chi connectivity index (χ2n) is 18.0. The number of nitrogens with zero attached hydrogens (tertiary/aromatic N) is 3. The number of aliphatic hydroxyl groups excluding tert-OH is 3. The van der Waals surface area contributed by atoms with E-state index in [1.807, 2.05) is 79.7 Å². The van der Waals surface area contributed by atoms with Gasteiger partial charge in [-0.3, -0.25) is 14.4 Å². The van der Waals surface area contributed by atoms with Crippen molar-refractivity contribution in [2.75, 3.05) is 47.4 Å². The minimum Gasteiger partial charge on any atom is -0.496 e. The molecule has 0 radical (unpaired) electrons. The molecule has 0 spiro atoms. The van der Waals surface area contributed by atoms with Crippen molar-refractivity contribution < 1.29 is 34.5 Å². The summed E-state index contributed by atoms with van der Waals surface area (Å²) in [6.07, 6.45) is 7.26. The van der Waals surface area contributed by atoms with Crippen LogP contribution < -0.4 is 15.4 Å². The molecule has 1 unspecified atom stereocenters. The van der Waals surface area contributed by atoms with Gasteiger partial charge in [0.25, 0.3) is 5.91 Å². The van der Waals surface area contributed by atoms with Crippen LogP contribution in [0.4, 0.5) is 0 Å². The molecular formula is C47H69N5O7. The molecule has 324 valence electrons. The SMILES string of the molecule is COc1c(CN2O[C@@H](CO)[C@@H]([C@H](C)O)[C@H]2C(=O)N[C@H]2C[C@@H](C(C)C)CC[C@@H]2C)cccc1C1C=C(C(=O)N[C@H](CN2CCCC2)[C@H](O)c2ccccc2)C=C(N(C)C)C1. The third-order valence-electron chi connectivity index (χ3n) is 13.4. The number of carbonyl (C=O) groups excluding carboxylic acids is 2. The molecule has 2 heterocycles. The first-order chi connectivity index (χ1) is 28.3. The molecule has 10 atom stereocenters. The van der Waals surface area contributed by atoms with Crippen LogP contribution in [-0.4, -0.2) is 120 Å². The van der Waals surface area contributed by atoms with Gasteiger partial charge in [0.05, 0.1) is 32.4 Å². The summed E-state index contributed by atoms with van der Waals surface area (Å²) in [5.74, 6) is 0.626. The molecule has 1 saturated carbocycles. The van der Waals surface area contributed by atoms with Crippen molar-refractivity contribution in [3.8, 4) is 5.75 Å². The predicted molar refractivity (Wildman–Crippen MR) is 229 cm³/mol. The zero-order chi connectivity index (χ0) is 42.4. The van der Waals surface area contributed by atoms with Crippen LogP contribution in [0.1, 0.15) is 94.9 Å². The average Bonchev–Trinajstić information content (AvgIpc) is 3.89.